The minimum absolute atomic E-state index is 0.131. The largest absolute Gasteiger partial charge is 0.497 e. The van der Waals surface area contributed by atoms with Crippen LogP contribution in [-0.4, -0.2) is 27.7 Å². The van der Waals surface area contributed by atoms with Gasteiger partial charge in [-0.3, -0.25) is 9.10 Å². The number of nitrogens with one attached hydrogen (secondary N) is 1. The minimum Gasteiger partial charge on any atom is -0.497 e. The van der Waals surface area contributed by atoms with Crippen LogP contribution in [-0.2, 0) is 16.6 Å². The van der Waals surface area contributed by atoms with Crippen LogP contribution in [0.3, 0.4) is 0 Å². The van der Waals surface area contributed by atoms with Crippen LogP contribution < -0.4 is 14.4 Å². The van der Waals surface area contributed by atoms with E-state index in [1.165, 1.54) is 10.6 Å². The van der Waals surface area contributed by atoms with E-state index in [1.807, 2.05) is 68.4 Å². The topological polar surface area (TPSA) is 75.7 Å². The minimum atomic E-state index is -3.50. The molecule has 192 valence electrons. The van der Waals surface area contributed by atoms with Crippen LogP contribution in [0, 0.1) is 19.8 Å². The normalized spacial score (nSPS) is 12.3. The summed E-state index contributed by atoms with van der Waals surface area (Å²) in [4.78, 5) is 13.1. The summed E-state index contributed by atoms with van der Waals surface area (Å²) in [7, 11) is -1.87. The summed E-state index contributed by atoms with van der Waals surface area (Å²) in [5.74, 6) is 0.998. The van der Waals surface area contributed by atoms with Crippen molar-refractivity contribution in [3.63, 3.8) is 0 Å². The van der Waals surface area contributed by atoms with E-state index in [1.54, 1.807) is 19.2 Å². The number of nitrogens with zero attached hydrogens (tertiary/aromatic N) is 1. The fourth-order valence-corrected chi connectivity index (χ4v) is 5.06. The Hall–Kier alpha value is -3.32. The molecule has 0 fully saturated rings. The lowest BCUT2D eigenvalue weighted by atomic mass is 9.96. The first-order valence-corrected chi connectivity index (χ1v) is 13.9. The van der Waals surface area contributed by atoms with Gasteiger partial charge in [0, 0.05) is 5.56 Å². The van der Waals surface area contributed by atoms with Crippen molar-refractivity contribution in [2.75, 3.05) is 17.7 Å². The number of ether oxygens (including phenoxy) is 1. The third kappa shape index (κ3) is 7.10. The van der Waals surface area contributed by atoms with Gasteiger partial charge in [0.1, 0.15) is 5.75 Å². The second kappa shape index (κ2) is 11.6. The van der Waals surface area contributed by atoms with Crippen molar-refractivity contribution >= 4 is 21.6 Å². The van der Waals surface area contributed by atoms with E-state index in [0.717, 1.165) is 34.4 Å². The quantitative estimate of drug-likeness (QED) is 0.376. The summed E-state index contributed by atoms with van der Waals surface area (Å²) >= 11 is 0. The summed E-state index contributed by atoms with van der Waals surface area (Å²) in [5.41, 5.74) is 4.88. The summed E-state index contributed by atoms with van der Waals surface area (Å²) in [6.45, 7) is 8.28. The maximum Gasteiger partial charge on any atom is 0.251 e. The molecular weight excluding hydrogens is 472 g/mol. The number of hydrogen-bond acceptors (Lipinski definition) is 4. The number of carbonyl (C=O) groups is 1. The van der Waals surface area contributed by atoms with Crippen LogP contribution in [0.4, 0.5) is 5.69 Å². The number of aryl methyl sites for hydroxylation is 2. The lowest BCUT2D eigenvalue weighted by molar-refractivity contribution is 0.0932. The molecule has 3 aromatic carbocycles. The standard InChI is InChI=1S/C29H36N2O4S/c1-20(2)17-27(24-13-15-26(35-5)16-14-24)30-29(32)25-11-9-23(10-12-25)19-31(36(6,33)34)28-18-21(3)7-8-22(28)4/h7-16,18,20,27H,17,19H2,1-6H3,(H,30,32)/t27-/m1/s1. The molecule has 3 aromatic rings. The summed E-state index contributed by atoms with van der Waals surface area (Å²) < 4.78 is 31.9. The van der Waals surface area contributed by atoms with Crippen molar-refractivity contribution in [2.24, 2.45) is 5.92 Å². The van der Waals surface area contributed by atoms with Gasteiger partial charge < -0.3 is 10.1 Å². The monoisotopic (exact) mass is 508 g/mol. The van der Waals surface area contributed by atoms with Crippen LogP contribution in [0.15, 0.2) is 66.7 Å². The first kappa shape index (κ1) is 27.3. The molecule has 36 heavy (non-hydrogen) atoms. The first-order valence-electron chi connectivity index (χ1n) is 12.1. The molecule has 0 heterocycles. The molecule has 0 radical (unpaired) electrons. The zero-order valence-corrected chi connectivity index (χ0v) is 22.7. The van der Waals surface area contributed by atoms with E-state index in [9.17, 15) is 13.2 Å². The van der Waals surface area contributed by atoms with Crippen molar-refractivity contribution in [2.45, 2.75) is 46.7 Å². The zero-order chi connectivity index (χ0) is 26.5. The molecule has 0 aliphatic carbocycles. The van der Waals surface area contributed by atoms with Crippen molar-refractivity contribution in [3.8, 4) is 5.75 Å². The van der Waals surface area contributed by atoms with Gasteiger partial charge in [0.2, 0.25) is 10.0 Å². The summed E-state index contributed by atoms with van der Waals surface area (Å²) in [6.07, 6.45) is 2.01. The van der Waals surface area contributed by atoms with Gasteiger partial charge in [-0.15, -0.1) is 0 Å². The molecule has 1 amide bonds. The maximum atomic E-state index is 13.1. The average molecular weight is 509 g/mol. The Kier molecular flexibility index (Phi) is 8.79. The number of hydrogen-bond donors (Lipinski definition) is 1. The maximum absolute atomic E-state index is 13.1. The Morgan fingerprint density at radius 3 is 2.17 bits per heavy atom. The molecule has 1 atom stereocenters. The number of amides is 1. The fourth-order valence-electron chi connectivity index (χ4n) is 4.12. The van der Waals surface area contributed by atoms with E-state index in [4.69, 9.17) is 4.74 Å². The molecule has 0 bridgehead atoms. The number of carbonyl (C=O) groups excluding carboxylic acids is 1. The Labute approximate surface area is 215 Å². The van der Waals surface area contributed by atoms with E-state index in [2.05, 4.69) is 19.2 Å². The third-order valence-electron chi connectivity index (χ3n) is 6.11. The van der Waals surface area contributed by atoms with Crippen molar-refractivity contribution < 1.29 is 17.9 Å². The SMILES string of the molecule is COc1ccc([C@@H](CC(C)C)NC(=O)c2ccc(CN(c3cc(C)ccc3C)S(C)(=O)=O)cc2)cc1. The molecule has 3 rings (SSSR count). The Morgan fingerprint density at radius 1 is 0.972 bits per heavy atom. The van der Waals surface area contributed by atoms with Crippen molar-refractivity contribution in [1.82, 2.24) is 5.32 Å². The number of anilines is 1. The van der Waals surface area contributed by atoms with Crippen LogP contribution in [0.1, 0.15) is 58.9 Å². The van der Waals surface area contributed by atoms with Gasteiger partial charge in [-0.2, -0.15) is 0 Å². The van der Waals surface area contributed by atoms with Crippen molar-refractivity contribution in [3.05, 3.63) is 94.5 Å². The predicted octanol–water partition coefficient (Wildman–Crippen LogP) is 5.80. The van der Waals surface area contributed by atoms with Gasteiger partial charge >= 0.3 is 0 Å². The third-order valence-corrected chi connectivity index (χ3v) is 7.23. The van der Waals surface area contributed by atoms with E-state index in [0.29, 0.717) is 17.2 Å². The molecule has 0 saturated heterocycles. The highest BCUT2D eigenvalue weighted by atomic mass is 32.2. The zero-order valence-electron chi connectivity index (χ0n) is 21.9. The summed E-state index contributed by atoms with van der Waals surface area (Å²) in [5, 5.41) is 3.16. The number of methoxy groups -OCH3 is 1. The summed E-state index contributed by atoms with van der Waals surface area (Å²) in [6, 6.07) is 20.5. The number of rotatable bonds is 10. The molecule has 6 nitrogen and oxygen atoms in total. The smallest absolute Gasteiger partial charge is 0.251 e. The molecule has 0 aliphatic rings. The molecular formula is C29H36N2O4S. The van der Waals surface area contributed by atoms with Gasteiger partial charge in [0.15, 0.2) is 0 Å². The Bertz CT molecular complexity index is 1280. The van der Waals surface area contributed by atoms with Gasteiger partial charge in [-0.1, -0.05) is 50.2 Å². The second-order valence-electron chi connectivity index (χ2n) is 9.69. The van der Waals surface area contributed by atoms with Crippen LogP contribution >= 0.6 is 0 Å². The van der Waals surface area contributed by atoms with E-state index in [-0.39, 0.29) is 18.5 Å². The van der Waals surface area contributed by atoms with Crippen LogP contribution in [0.25, 0.3) is 0 Å². The highest BCUT2D eigenvalue weighted by molar-refractivity contribution is 7.92. The number of benzene rings is 3. The molecule has 0 aliphatic heterocycles. The van der Waals surface area contributed by atoms with Crippen molar-refractivity contribution in [1.29, 1.82) is 0 Å². The number of sulfonamides is 1. The van der Waals surface area contributed by atoms with Crippen LogP contribution in [0.5, 0.6) is 5.75 Å². The molecule has 7 heteroatoms. The second-order valence-corrected chi connectivity index (χ2v) is 11.6. The van der Waals surface area contributed by atoms with Gasteiger partial charge in [-0.25, -0.2) is 8.42 Å². The lowest BCUT2D eigenvalue weighted by Gasteiger charge is -2.25. The average Bonchev–Trinajstić information content (AvgIpc) is 2.83. The Balaban J connectivity index is 1.79. The molecule has 1 N–H and O–H groups in total. The molecule has 0 aromatic heterocycles. The molecule has 0 saturated carbocycles. The predicted molar refractivity (Wildman–Crippen MR) is 146 cm³/mol. The van der Waals surface area contributed by atoms with E-state index < -0.39 is 10.0 Å². The fraction of sp³-hybridized carbons (Fsp3) is 0.345. The Morgan fingerprint density at radius 2 is 1.61 bits per heavy atom. The molecule has 0 unspecified atom stereocenters. The highest BCUT2D eigenvalue weighted by Gasteiger charge is 2.21. The lowest BCUT2D eigenvalue weighted by Crippen LogP contribution is -2.30. The van der Waals surface area contributed by atoms with Gasteiger partial charge in [-0.05, 0) is 78.8 Å². The first-order chi connectivity index (χ1) is 17.0. The van der Waals surface area contributed by atoms with Gasteiger partial charge in [0.25, 0.3) is 5.91 Å². The van der Waals surface area contributed by atoms with Crippen LogP contribution in [0.2, 0.25) is 0 Å². The molecule has 0 spiro atoms. The highest BCUT2D eigenvalue weighted by Crippen LogP contribution is 2.27. The van der Waals surface area contributed by atoms with E-state index >= 15 is 0 Å². The van der Waals surface area contributed by atoms with Gasteiger partial charge in [0.05, 0.1) is 31.6 Å².